The molecule has 0 atom stereocenters. The normalized spacial score (nSPS) is 11.2. The molecule has 19 heavy (non-hydrogen) atoms. The summed E-state index contributed by atoms with van der Waals surface area (Å²) < 4.78 is 27.1. The lowest BCUT2D eigenvalue weighted by atomic mass is 9.99. The van der Waals surface area contributed by atoms with Crippen LogP contribution in [-0.2, 0) is 4.79 Å². The Labute approximate surface area is 108 Å². The van der Waals surface area contributed by atoms with Crippen LogP contribution in [0.5, 0.6) is 0 Å². The summed E-state index contributed by atoms with van der Waals surface area (Å²) in [6, 6.07) is 2.05. The number of nitrogens with one attached hydrogen (secondary N) is 1. The topological polar surface area (TPSA) is 92.4 Å². The minimum atomic E-state index is -1.56. The van der Waals surface area contributed by atoms with Crippen molar-refractivity contribution in [2.45, 2.75) is 25.8 Å². The first kappa shape index (κ1) is 14.9. The summed E-state index contributed by atoms with van der Waals surface area (Å²) in [5, 5.41) is 11.3. The number of rotatable bonds is 5. The molecule has 0 spiro atoms. The monoisotopic (exact) mass is 272 g/mol. The smallest absolute Gasteiger partial charge is 0.338 e. The van der Waals surface area contributed by atoms with E-state index in [2.05, 4.69) is 5.32 Å². The number of nitrogens with two attached hydrogens (primary N) is 1. The molecule has 7 heteroatoms. The second-order valence-electron chi connectivity index (χ2n) is 4.75. The zero-order chi connectivity index (χ0) is 14.8. The first-order valence-corrected chi connectivity index (χ1v) is 5.42. The van der Waals surface area contributed by atoms with Gasteiger partial charge in [0.15, 0.2) is 11.6 Å². The number of hydrogen-bond donors (Lipinski definition) is 3. The standard InChI is InChI=1S/C12H14F2N2O3/c1-12(2,5-8(15)17)16-7-4-3-6(11(18)19)9(13)10(7)14/h3-4,16H,5H2,1-2H3,(H2,15,17)(H,18,19). The lowest BCUT2D eigenvalue weighted by molar-refractivity contribution is -0.118. The molecule has 0 radical (unpaired) electrons. The number of halogens is 2. The van der Waals surface area contributed by atoms with Crippen molar-refractivity contribution >= 4 is 17.6 Å². The van der Waals surface area contributed by atoms with Crippen LogP contribution in [-0.4, -0.2) is 22.5 Å². The van der Waals surface area contributed by atoms with Gasteiger partial charge in [0.05, 0.1) is 11.3 Å². The van der Waals surface area contributed by atoms with Gasteiger partial charge in [-0.15, -0.1) is 0 Å². The fourth-order valence-corrected chi connectivity index (χ4v) is 1.66. The quantitative estimate of drug-likeness (QED) is 0.761. The number of primary amides is 1. The van der Waals surface area contributed by atoms with Crippen LogP contribution in [0, 0.1) is 11.6 Å². The Hall–Kier alpha value is -2.18. The van der Waals surface area contributed by atoms with Crippen LogP contribution in [0.4, 0.5) is 14.5 Å². The van der Waals surface area contributed by atoms with E-state index in [0.717, 1.165) is 12.1 Å². The molecule has 0 aliphatic heterocycles. The van der Waals surface area contributed by atoms with E-state index in [1.54, 1.807) is 13.8 Å². The highest BCUT2D eigenvalue weighted by Gasteiger charge is 2.24. The number of benzene rings is 1. The first-order chi connectivity index (χ1) is 8.64. The van der Waals surface area contributed by atoms with Crippen molar-refractivity contribution in [3.05, 3.63) is 29.3 Å². The van der Waals surface area contributed by atoms with Crippen LogP contribution < -0.4 is 11.1 Å². The second-order valence-corrected chi connectivity index (χ2v) is 4.75. The molecule has 0 aliphatic rings. The maximum absolute atomic E-state index is 13.7. The summed E-state index contributed by atoms with van der Waals surface area (Å²) >= 11 is 0. The van der Waals surface area contributed by atoms with Crippen LogP contribution in [0.3, 0.4) is 0 Å². The van der Waals surface area contributed by atoms with Gasteiger partial charge in [-0.25, -0.2) is 13.6 Å². The van der Waals surface area contributed by atoms with Crippen molar-refractivity contribution in [3.8, 4) is 0 Å². The van der Waals surface area contributed by atoms with Crippen LogP contribution in [0.2, 0.25) is 0 Å². The Morgan fingerprint density at radius 2 is 1.89 bits per heavy atom. The molecule has 0 fully saturated rings. The molecular formula is C12H14F2N2O3. The van der Waals surface area contributed by atoms with Crippen molar-refractivity contribution in [2.24, 2.45) is 5.73 Å². The Morgan fingerprint density at radius 3 is 2.37 bits per heavy atom. The van der Waals surface area contributed by atoms with Crippen molar-refractivity contribution in [2.75, 3.05) is 5.32 Å². The molecule has 0 unspecified atom stereocenters. The molecule has 0 bridgehead atoms. The van der Waals surface area contributed by atoms with Gasteiger partial charge < -0.3 is 16.2 Å². The molecule has 5 nitrogen and oxygen atoms in total. The highest BCUT2D eigenvalue weighted by Crippen LogP contribution is 2.24. The number of amides is 1. The van der Waals surface area contributed by atoms with Gasteiger partial charge in [0, 0.05) is 12.0 Å². The number of hydrogen-bond acceptors (Lipinski definition) is 3. The summed E-state index contributed by atoms with van der Waals surface area (Å²) in [4.78, 5) is 21.5. The van der Waals surface area contributed by atoms with Crippen molar-refractivity contribution < 1.29 is 23.5 Å². The summed E-state index contributed by atoms with van der Waals surface area (Å²) in [6.07, 6.45) is -0.0886. The van der Waals surface area contributed by atoms with Gasteiger partial charge in [-0.2, -0.15) is 0 Å². The molecule has 0 saturated heterocycles. The number of anilines is 1. The van der Waals surface area contributed by atoms with Crippen molar-refractivity contribution in [1.29, 1.82) is 0 Å². The zero-order valence-electron chi connectivity index (χ0n) is 10.5. The summed E-state index contributed by atoms with van der Waals surface area (Å²) in [7, 11) is 0. The number of carboxylic acid groups (broad SMARTS) is 1. The molecule has 1 aromatic rings. The lowest BCUT2D eigenvalue weighted by Crippen LogP contribution is -2.36. The predicted octanol–water partition coefficient (Wildman–Crippen LogP) is 1.73. The molecule has 0 aliphatic carbocycles. The van der Waals surface area contributed by atoms with Gasteiger partial charge in [0.2, 0.25) is 5.91 Å². The fourth-order valence-electron chi connectivity index (χ4n) is 1.66. The van der Waals surface area contributed by atoms with Crippen LogP contribution in [0.1, 0.15) is 30.6 Å². The second kappa shape index (κ2) is 5.21. The van der Waals surface area contributed by atoms with Gasteiger partial charge >= 0.3 is 5.97 Å². The Balaban J connectivity index is 3.07. The Morgan fingerprint density at radius 1 is 1.32 bits per heavy atom. The maximum Gasteiger partial charge on any atom is 0.338 e. The zero-order valence-corrected chi connectivity index (χ0v) is 10.5. The van der Waals surface area contributed by atoms with Crippen LogP contribution in [0.25, 0.3) is 0 Å². The third-order valence-electron chi connectivity index (χ3n) is 2.40. The minimum Gasteiger partial charge on any atom is -0.478 e. The van der Waals surface area contributed by atoms with E-state index in [1.165, 1.54) is 0 Å². The predicted molar refractivity (Wildman–Crippen MR) is 64.8 cm³/mol. The highest BCUT2D eigenvalue weighted by molar-refractivity contribution is 5.88. The van der Waals surface area contributed by atoms with E-state index < -0.39 is 34.6 Å². The molecule has 0 aromatic heterocycles. The van der Waals surface area contributed by atoms with Gasteiger partial charge in [-0.3, -0.25) is 4.79 Å². The van der Waals surface area contributed by atoms with Crippen molar-refractivity contribution in [3.63, 3.8) is 0 Å². The fraction of sp³-hybridized carbons (Fsp3) is 0.333. The lowest BCUT2D eigenvalue weighted by Gasteiger charge is -2.26. The van der Waals surface area contributed by atoms with Gasteiger partial charge in [0.1, 0.15) is 0 Å². The maximum atomic E-state index is 13.7. The number of aromatic carboxylic acids is 1. The van der Waals surface area contributed by atoms with Gasteiger partial charge in [-0.1, -0.05) is 0 Å². The van der Waals surface area contributed by atoms with E-state index in [9.17, 15) is 18.4 Å². The van der Waals surface area contributed by atoms with Crippen LogP contribution in [0.15, 0.2) is 12.1 Å². The Kier molecular flexibility index (Phi) is 4.08. The van der Waals surface area contributed by atoms with E-state index in [1.807, 2.05) is 0 Å². The Bertz CT molecular complexity index is 530. The molecule has 0 heterocycles. The number of carbonyl (C=O) groups is 2. The average Bonchev–Trinajstić information content (AvgIpc) is 2.22. The van der Waals surface area contributed by atoms with E-state index in [-0.39, 0.29) is 12.1 Å². The first-order valence-electron chi connectivity index (χ1n) is 5.42. The third kappa shape index (κ3) is 3.64. The SMILES string of the molecule is CC(C)(CC(N)=O)Nc1ccc(C(=O)O)c(F)c1F. The van der Waals surface area contributed by atoms with Crippen molar-refractivity contribution in [1.82, 2.24) is 0 Å². The van der Waals surface area contributed by atoms with E-state index >= 15 is 0 Å². The van der Waals surface area contributed by atoms with Gasteiger partial charge in [0.25, 0.3) is 0 Å². The summed E-state index contributed by atoms with van der Waals surface area (Å²) in [5.74, 6) is -4.91. The molecular weight excluding hydrogens is 258 g/mol. The molecule has 1 aromatic carbocycles. The van der Waals surface area contributed by atoms with Crippen LogP contribution >= 0.6 is 0 Å². The number of carbonyl (C=O) groups excluding carboxylic acids is 1. The molecule has 104 valence electrons. The number of carboxylic acids is 1. The molecule has 1 rings (SSSR count). The van der Waals surface area contributed by atoms with E-state index in [0.29, 0.717) is 0 Å². The highest BCUT2D eigenvalue weighted by atomic mass is 19.2. The summed E-state index contributed by atoms with van der Waals surface area (Å²) in [5.41, 5.74) is 3.17. The molecule has 4 N–H and O–H groups in total. The minimum absolute atomic E-state index is 0.0886. The summed E-state index contributed by atoms with van der Waals surface area (Å²) in [6.45, 7) is 3.17. The molecule has 1 amide bonds. The largest absolute Gasteiger partial charge is 0.478 e. The molecule has 0 saturated carbocycles. The third-order valence-corrected chi connectivity index (χ3v) is 2.40. The van der Waals surface area contributed by atoms with E-state index in [4.69, 9.17) is 10.8 Å². The van der Waals surface area contributed by atoms with Gasteiger partial charge in [-0.05, 0) is 26.0 Å². The average molecular weight is 272 g/mol.